The molecule has 2 unspecified atom stereocenters. The number of hydrogen-bond donors (Lipinski definition) is 3. The van der Waals surface area contributed by atoms with E-state index in [1.807, 2.05) is 49.9 Å². The topological polar surface area (TPSA) is 123 Å². The first-order valence-corrected chi connectivity index (χ1v) is 12.0. The lowest BCUT2D eigenvalue weighted by atomic mass is 9.99. The first kappa shape index (κ1) is 26.1. The number of aromatic hydroxyl groups is 1. The minimum absolute atomic E-state index is 0.00397. The Hall–Kier alpha value is -3.49. The summed E-state index contributed by atoms with van der Waals surface area (Å²) in [5.41, 5.74) is 0.368. The highest BCUT2D eigenvalue weighted by Gasteiger charge is 2.36. The van der Waals surface area contributed by atoms with E-state index in [4.69, 9.17) is 4.74 Å². The summed E-state index contributed by atoms with van der Waals surface area (Å²) in [4.78, 5) is 43.1. The van der Waals surface area contributed by atoms with Crippen molar-refractivity contribution in [3.05, 3.63) is 45.7 Å². The molecule has 1 amide bonds. The van der Waals surface area contributed by atoms with Crippen LogP contribution in [0, 0.1) is 0 Å². The number of carboxylic acids is 1. The molecule has 0 spiro atoms. The number of ether oxygens (including phenoxy) is 1. The van der Waals surface area contributed by atoms with Crippen LogP contribution in [0.5, 0.6) is 5.75 Å². The Labute approximate surface area is 205 Å². The molecule has 3 rings (SSSR count). The van der Waals surface area contributed by atoms with Crippen LogP contribution in [0.3, 0.4) is 0 Å². The van der Waals surface area contributed by atoms with Gasteiger partial charge in [-0.3, -0.25) is 4.79 Å². The molecule has 3 N–H and O–H groups in total. The Morgan fingerprint density at radius 2 is 1.77 bits per heavy atom. The van der Waals surface area contributed by atoms with Crippen LogP contribution < -0.4 is 10.5 Å². The number of carboxylic acid groups (broad SMARTS) is 1. The summed E-state index contributed by atoms with van der Waals surface area (Å²) in [7, 11) is 0. The predicted octanol–water partition coefficient (Wildman–Crippen LogP) is 4.23. The van der Waals surface area contributed by atoms with Gasteiger partial charge in [-0.2, -0.15) is 0 Å². The van der Waals surface area contributed by atoms with Crippen LogP contribution in [0.4, 0.5) is 10.5 Å². The van der Waals surface area contributed by atoms with Crippen molar-refractivity contribution >= 4 is 17.7 Å². The number of hydrogen-bond acceptors (Lipinski definition) is 6. The van der Waals surface area contributed by atoms with Crippen LogP contribution in [0.1, 0.15) is 63.9 Å². The lowest BCUT2D eigenvalue weighted by Gasteiger charge is -2.46. The lowest BCUT2D eigenvalue weighted by molar-refractivity contribution is 0.0106. The fourth-order valence-electron chi connectivity index (χ4n) is 4.53. The first-order valence-electron chi connectivity index (χ1n) is 12.0. The molecule has 35 heavy (non-hydrogen) atoms. The molecule has 1 aliphatic rings. The minimum Gasteiger partial charge on any atom is -0.506 e. The third kappa shape index (κ3) is 5.44. The molecule has 0 aliphatic carbocycles. The van der Waals surface area contributed by atoms with Crippen molar-refractivity contribution in [3.63, 3.8) is 0 Å². The summed E-state index contributed by atoms with van der Waals surface area (Å²) in [6, 6.07) is 7.61. The predicted molar refractivity (Wildman–Crippen MR) is 134 cm³/mol. The highest BCUT2D eigenvalue weighted by Crippen LogP contribution is 2.32. The number of aromatic amines is 1. The number of benzene rings is 1. The van der Waals surface area contributed by atoms with E-state index >= 15 is 0 Å². The second-order valence-corrected chi connectivity index (χ2v) is 9.93. The number of nitrogens with one attached hydrogen (secondary N) is 1. The molecule has 0 bridgehead atoms. The Kier molecular flexibility index (Phi) is 7.47. The van der Waals surface area contributed by atoms with Gasteiger partial charge in [0, 0.05) is 30.4 Å². The molecule has 0 radical (unpaired) electrons. The van der Waals surface area contributed by atoms with E-state index in [9.17, 15) is 24.6 Å². The summed E-state index contributed by atoms with van der Waals surface area (Å²) in [5.74, 6) is -1.97. The van der Waals surface area contributed by atoms with Gasteiger partial charge >= 0.3 is 12.1 Å². The molecule has 1 saturated heterocycles. The fourth-order valence-corrected chi connectivity index (χ4v) is 4.53. The molecule has 1 fully saturated rings. The molecule has 1 aliphatic heterocycles. The Morgan fingerprint density at radius 1 is 1.14 bits per heavy atom. The standard InChI is InChI=1S/C26H35N3O6/c1-7-17-14-28(15(3)13-29(17)25(34)35-26(4,5)6)18-11-9-16(10-12-18)21-19(8-2)22(30)20(24(32)33)23(31)27-21/h9-12,15,17H,7-8,13-14H2,1-6H3,(H,32,33)(H2,27,30,31). The molecular formula is C26H35N3O6. The molecule has 0 saturated carbocycles. The zero-order valence-electron chi connectivity index (χ0n) is 21.2. The molecule has 2 aromatic rings. The molecule has 9 nitrogen and oxygen atoms in total. The van der Waals surface area contributed by atoms with Crippen molar-refractivity contribution in [1.82, 2.24) is 9.88 Å². The number of nitrogens with zero attached hydrogens (tertiary/aromatic N) is 2. The highest BCUT2D eigenvalue weighted by molar-refractivity contribution is 5.92. The quantitative estimate of drug-likeness (QED) is 0.579. The van der Waals surface area contributed by atoms with Crippen molar-refractivity contribution in [2.45, 2.75) is 72.1 Å². The van der Waals surface area contributed by atoms with E-state index in [-0.39, 0.29) is 18.2 Å². The Balaban J connectivity index is 1.88. The van der Waals surface area contributed by atoms with Gasteiger partial charge in [0.15, 0.2) is 5.56 Å². The number of anilines is 1. The molecule has 2 heterocycles. The second-order valence-electron chi connectivity index (χ2n) is 9.93. The fraction of sp³-hybridized carbons (Fsp3) is 0.500. The van der Waals surface area contributed by atoms with E-state index in [0.29, 0.717) is 36.3 Å². The van der Waals surface area contributed by atoms with E-state index in [0.717, 1.165) is 12.1 Å². The number of carbonyl (C=O) groups is 2. The second kappa shape index (κ2) is 10.0. The van der Waals surface area contributed by atoms with E-state index < -0.39 is 28.4 Å². The summed E-state index contributed by atoms with van der Waals surface area (Å²) >= 11 is 0. The smallest absolute Gasteiger partial charge is 0.410 e. The van der Waals surface area contributed by atoms with E-state index in [1.165, 1.54) is 0 Å². The maximum absolute atomic E-state index is 12.8. The van der Waals surface area contributed by atoms with Gasteiger partial charge in [-0.15, -0.1) is 0 Å². The monoisotopic (exact) mass is 485 g/mol. The summed E-state index contributed by atoms with van der Waals surface area (Å²) in [6.07, 6.45) is 0.838. The van der Waals surface area contributed by atoms with Crippen LogP contribution in [-0.2, 0) is 11.2 Å². The Bertz CT molecular complexity index is 1150. The molecule has 2 atom stereocenters. The van der Waals surface area contributed by atoms with E-state index in [1.54, 1.807) is 6.92 Å². The average molecular weight is 486 g/mol. The van der Waals surface area contributed by atoms with E-state index in [2.05, 4.69) is 23.7 Å². The van der Waals surface area contributed by atoms with Gasteiger partial charge < -0.3 is 29.7 Å². The molecule has 1 aromatic heterocycles. The third-order valence-electron chi connectivity index (χ3n) is 6.29. The lowest BCUT2D eigenvalue weighted by Crippen LogP contribution is -2.59. The number of rotatable bonds is 5. The van der Waals surface area contributed by atoms with Gasteiger partial charge in [-0.25, -0.2) is 9.59 Å². The SMILES string of the molecule is CCc1c(-c2ccc(N3CC(CC)N(C(=O)OC(C)(C)C)CC3C)cc2)[nH]c(=O)c(C(=O)O)c1O. The highest BCUT2D eigenvalue weighted by atomic mass is 16.6. The van der Waals surface area contributed by atoms with Crippen molar-refractivity contribution in [2.75, 3.05) is 18.0 Å². The van der Waals surface area contributed by atoms with Crippen LogP contribution in [-0.4, -0.2) is 62.9 Å². The zero-order chi connectivity index (χ0) is 26.1. The molecular weight excluding hydrogens is 450 g/mol. The summed E-state index contributed by atoms with van der Waals surface area (Å²) in [5, 5.41) is 19.7. The number of piperazine rings is 1. The van der Waals surface area contributed by atoms with Gasteiger partial charge in [0.1, 0.15) is 11.4 Å². The zero-order valence-corrected chi connectivity index (χ0v) is 21.2. The Morgan fingerprint density at radius 3 is 2.29 bits per heavy atom. The van der Waals surface area contributed by atoms with Crippen LogP contribution in [0.25, 0.3) is 11.3 Å². The number of H-pyrrole nitrogens is 1. The maximum atomic E-state index is 12.8. The van der Waals surface area contributed by atoms with Crippen LogP contribution >= 0.6 is 0 Å². The average Bonchev–Trinajstić information content (AvgIpc) is 2.77. The van der Waals surface area contributed by atoms with Gasteiger partial charge in [-0.1, -0.05) is 26.0 Å². The van der Waals surface area contributed by atoms with Crippen molar-refractivity contribution in [3.8, 4) is 17.0 Å². The van der Waals surface area contributed by atoms with Gasteiger partial charge in [0.2, 0.25) is 0 Å². The van der Waals surface area contributed by atoms with Gasteiger partial charge in [-0.05, 0) is 58.2 Å². The largest absolute Gasteiger partial charge is 0.506 e. The summed E-state index contributed by atoms with van der Waals surface area (Å²) in [6.45, 7) is 12.7. The number of amides is 1. The number of carbonyl (C=O) groups excluding carboxylic acids is 1. The number of aromatic nitrogens is 1. The molecule has 9 heteroatoms. The van der Waals surface area contributed by atoms with Crippen LogP contribution in [0.15, 0.2) is 29.1 Å². The number of pyridine rings is 1. The first-order chi connectivity index (χ1) is 16.4. The normalized spacial score (nSPS) is 18.5. The third-order valence-corrected chi connectivity index (χ3v) is 6.29. The minimum atomic E-state index is -1.47. The molecule has 190 valence electrons. The summed E-state index contributed by atoms with van der Waals surface area (Å²) < 4.78 is 5.61. The molecule has 1 aromatic carbocycles. The van der Waals surface area contributed by atoms with Crippen molar-refractivity contribution < 1.29 is 24.5 Å². The number of aromatic carboxylic acids is 1. The van der Waals surface area contributed by atoms with Gasteiger partial charge in [0.05, 0.1) is 11.7 Å². The maximum Gasteiger partial charge on any atom is 0.410 e. The van der Waals surface area contributed by atoms with Crippen LogP contribution in [0.2, 0.25) is 0 Å². The van der Waals surface area contributed by atoms with Crippen molar-refractivity contribution in [1.29, 1.82) is 0 Å². The van der Waals surface area contributed by atoms with Crippen molar-refractivity contribution in [2.24, 2.45) is 0 Å². The van der Waals surface area contributed by atoms with Gasteiger partial charge in [0.25, 0.3) is 5.56 Å².